The van der Waals surface area contributed by atoms with E-state index in [1.54, 1.807) is 0 Å². The Bertz CT molecular complexity index is 498. The monoisotopic (exact) mass is 278 g/mol. The average Bonchev–Trinajstić information content (AvgIpc) is 2.91. The molecule has 2 aromatic rings. The number of halogens is 1. The lowest BCUT2D eigenvalue weighted by Gasteiger charge is -2.09. The maximum atomic E-state index is 6.23. The lowest BCUT2D eigenvalue weighted by atomic mass is 9.96. The number of nitrogens with zero attached hydrogens (tertiary/aromatic N) is 2. The predicted molar refractivity (Wildman–Crippen MR) is 76.4 cm³/mol. The molecule has 4 heteroatoms. The highest BCUT2D eigenvalue weighted by Crippen LogP contribution is 2.29. The summed E-state index contributed by atoms with van der Waals surface area (Å²) in [5.74, 6) is 1.41. The zero-order chi connectivity index (χ0) is 13.7. The van der Waals surface area contributed by atoms with E-state index in [1.165, 1.54) is 5.56 Å². The van der Waals surface area contributed by atoms with Crippen LogP contribution in [0.25, 0.3) is 0 Å². The van der Waals surface area contributed by atoms with Crippen molar-refractivity contribution in [2.45, 2.75) is 44.4 Å². The summed E-state index contributed by atoms with van der Waals surface area (Å²) in [6, 6.07) is 10.2. The molecule has 3 nitrogen and oxygen atoms in total. The molecule has 2 atom stereocenters. The van der Waals surface area contributed by atoms with E-state index in [4.69, 9.17) is 16.1 Å². The van der Waals surface area contributed by atoms with Crippen LogP contribution in [0.2, 0.25) is 0 Å². The minimum absolute atomic E-state index is 0.146. The van der Waals surface area contributed by atoms with Crippen molar-refractivity contribution in [2.75, 3.05) is 0 Å². The molecule has 1 aromatic carbocycles. The SMILES string of the molecule is CCCC(Cl)c1noc(C(CC)c2ccccc2)n1. The van der Waals surface area contributed by atoms with Gasteiger partial charge < -0.3 is 4.52 Å². The smallest absolute Gasteiger partial charge is 0.234 e. The van der Waals surface area contributed by atoms with E-state index < -0.39 is 0 Å². The van der Waals surface area contributed by atoms with Gasteiger partial charge in [-0.05, 0) is 18.4 Å². The summed E-state index contributed by atoms with van der Waals surface area (Å²) in [4.78, 5) is 4.47. The van der Waals surface area contributed by atoms with Gasteiger partial charge in [-0.2, -0.15) is 4.98 Å². The molecule has 0 saturated heterocycles. The molecule has 0 spiro atoms. The lowest BCUT2D eigenvalue weighted by molar-refractivity contribution is 0.357. The van der Waals surface area contributed by atoms with Crippen LogP contribution in [0.4, 0.5) is 0 Å². The molecule has 102 valence electrons. The molecule has 0 bridgehead atoms. The average molecular weight is 279 g/mol. The van der Waals surface area contributed by atoms with Crippen LogP contribution >= 0.6 is 11.6 Å². The number of alkyl halides is 1. The second kappa shape index (κ2) is 6.71. The molecular formula is C15H19ClN2O. The fourth-order valence-electron chi connectivity index (χ4n) is 2.14. The molecule has 0 amide bonds. The Kier molecular flexibility index (Phi) is 4.97. The van der Waals surface area contributed by atoms with E-state index in [2.05, 4.69) is 36.1 Å². The fourth-order valence-corrected chi connectivity index (χ4v) is 2.44. The van der Waals surface area contributed by atoms with Crippen LogP contribution in [0.3, 0.4) is 0 Å². The summed E-state index contributed by atoms with van der Waals surface area (Å²) in [5.41, 5.74) is 1.20. The van der Waals surface area contributed by atoms with Crippen LogP contribution in [0.5, 0.6) is 0 Å². The Morgan fingerprint density at radius 3 is 2.58 bits per heavy atom. The second-order valence-corrected chi connectivity index (χ2v) is 5.15. The van der Waals surface area contributed by atoms with Crippen LogP contribution in [0.15, 0.2) is 34.9 Å². The molecule has 0 aliphatic rings. The normalized spacial score (nSPS) is 14.3. The van der Waals surface area contributed by atoms with Crippen molar-refractivity contribution in [3.05, 3.63) is 47.6 Å². The van der Waals surface area contributed by atoms with Crippen molar-refractivity contribution in [1.29, 1.82) is 0 Å². The standard InChI is InChI=1S/C15H19ClN2O/c1-3-8-13(16)14-17-15(19-18-14)12(4-2)11-9-6-5-7-10-11/h5-7,9-10,12-13H,3-4,8H2,1-2H3. The maximum absolute atomic E-state index is 6.23. The van der Waals surface area contributed by atoms with Crippen LogP contribution in [-0.4, -0.2) is 10.1 Å². The zero-order valence-corrected chi connectivity index (χ0v) is 12.1. The summed E-state index contributed by atoms with van der Waals surface area (Å²) in [6.45, 7) is 4.21. The van der Waals surface area contributed by atoms with Gasteiger partial charge in [-0.1, -0.05) is 55.8 Å². The molecule has 1 aromatic heterocycles. The van der Waals surface area contributed by atoms with Crippen molar-refractivity contribution in [3.63, 3.8) is 0 Å². The molecule has 2 rings (SSSR count). The topological polar surface area (TPSA) is 38.9 Å². The fraction of sp³-hybridized carbons (Fsp3) is 0.467. The number of hydrogen-bond donors (Lipinski definition) is 0. The van der Waals surface area contributed by atoms with Crippen LogP contribution < -0.4 is 0 Å². The highest BCUT2D eigenvalue weighted by Gasteiger charge is 2.21. The van der Waals surface area contributed by atoms with Crippen LogP contribution in [0, 0.1) is 0 Å². The van der Waals surface area contributed by atoms with E-state index in [0.29, 0.717) is 11.7 Å². The van der Waals surface area contributed by atoms with E-state index in [-0.39, 0.29) is 11.3 Å². The van der Waals surface area contributed by atoms with E-state index in [0.717, 1.165) is 19.3 Å². The van der Waals surface area contributed by atoms with Crippen molar-refractivity contribution in [3.8, 4) is 0 Å². The highest BCUT2D eigenvalue weighted by atomic mass is 35.5. The summed E-state index contributed by atoms with van der Waals surface area (Å²) in [7, 11) is 0. The molecule has 0 fully saturated rings. The first kappa shape index (κ1) is 14.1. The summed E-state index contributed by atoms with van der Waals surface area (Å²) >= 11 is 6.23. The number of aromatic nitrogens is 2. The predicted octanol–water partition coefficient (Wildman–Crippen LogP) is 4.69. The Morgan fingerprint density at radius 2 is 1.95 bits per heavy atom. The summed E-state index contributed by atoms with van der Waals surface area (Å²) in [6.07, 6.45) is 2.79. The third kappa shape index (κ3) is 3.35. The molecule has 0 aliphatic heterocycles. The van der Waals surface area contributed by atoms with E-state index >= 15 is 0 Å². The second-order valence-electron chi connectivity index (χ2n) is 4.62. The van der Waals surface area contributed by atoms with Gasteiger partial charge in [-0.3, -0.25) is 0 Å². The van der Waals surface area contributed by atoms with Crippen LogP contribution in [-0.2, 0) is 0 Å². The molecule has 19 heavy (non-hydrogen) atoms. The van der Waals surface area contributed by atoms with Gasteiger partial charge >= 0.3 is 0 Å². The van der Waals surface area contributed by atoms with E-state index in [9.17, 15) is 0 Å². The molecule has 0 radical (unpaired) electrons. The van der Waals surface area contributed by atoms with Crippen molar-refractivity contribution >= 4 is 11.6 Å². The van der Waals surface area contributed by atoms with Gasteiger partial charge in [-0.15, -0.1) is 11.6 Å². The Hall–Kier alpha value is -1.35. The third-order valence-corrected chi connectivity index (χ3v) is 3.60. The van der Waals surface area contributed by atoms with Gasteiger partial charge in [0.25, 0.3) is 0 Å². The first-order valence-corrected chi connectivity index (χ1v) is 7.22. The van der Waals surface area contributed by atoms with Gasteiger partial charge in [-0.25, -0.2) is 0 Å². The minimum Gasteiger partial charge on any atom is -0.339 e. The van der Waals surface area contributed by atoms with Crippen molar-refractivity contribution in [2.24, 2.45) is 0 Å². The number of rotatable bonds is 6. The maximum Gasteiger partial charge on any atom is 0.234 e. The molecule has 0 aliphatic carbocycles. The van der Waals surface area contributed by atoms with E-state index in [1.807, 2.05) is 18.2 Å². The number of hydrogen-bond acceptors (Lipinski definition) is 3. The number of benzene rings is 1. The Balaban J connectivity index is 2.21. The third-order valence-electron chi connectivity index (χ3n) is 3.19. The Labute approximate surface area is 119 Å². The van der Waals surface area contributed by atoms with Gasteiger partial charge in [0.1, 0.15) is 0 Å². The molecule has 2 unspecified atom stereocenters. The van der Waals surface area contributed by atoms with Crippen molar-refractivity contribution in [1.82, 2.24) is 10.1 Å². The van der Waals surface area contributed by atoms with Crippen molar-refractivity contribution < 1.29 is 4.52 Å². The zero-order valence-electron chi connectivity index (χ0n) is 11.3. The highest BCUT2D eigenvalue weighted by molar-refractivity contribution is 6.20. The largest absolute Gasteiger partial charge is 0.339 e. The Morgan fingerprint density at radius 1 is 1.21 bits per heavy atom. The molecular weight excluding hydrogens is 260 g/mol. The van der Waals surface area contributed by atoms with Gasteiger partial charge in [0.05, 0.1) is 11.3 Å². The van der Waals surface area contributed by atoms with Gasteiger partial charge in [0.2, 0.25) is 5.89 Å². The van der Waals surface area contributed by atoms with Gasteiger partial charge in [0, 0.05) is 0 Å². The minimum atomic E-state index is -0.157. The summed E-state index contributed by atoms with van der Waals surface area (Å²) < 4.78 is 5.39. The summed E-state index contributed by atoms with van der Waals surface area (Å²) in [5, 5.41) is 3.85. The molecule has 1 heterocycles. The van der Waals surface area contributed by atoms with Crippen LogP contribution in [0.1, 0.15) is 61.7 Å². The molecule has 0 saturated carbocycles. The lowest BCUT2D eigenvalue weighted by Crippen LogP contribution is -2.01. The first-order chi connectivity index (χ1) is 9.26. The quantitative estimate of drug-likeness (QED) is 0.720. The van der Waals surface area contributed by atoms with Gasteiger partial charge in [0.15, 0.2) is 5.82 Å². The molecule has 0 N–H and O–H groups in total. The first-order valence-electron chi connectivity index (χ1n) is 6.78.